The van der Waals surface area contributed by atoms with Gasteiger partial charge in [0.1, 0.15) is 11.5 Å². The van der Waals surface area contributed by atoms with Gasteiger partial charge in [0.05, 0.1) is 25.3 Å². The lowest BCUT2D eigenvalue weighted by Crippen LogP contribution is -2.37. The molecule has 0 aromatic heterocycles. The number of para-hydroxylation sites is 4. The van der Waals surface area contributed by atoms with Crippen molar-refractivity contribution in [3.8, 4) is 11.5 Å². The molecule has 0 atom stereocenters. The summed E-state index contributed by atoms with van der Waals surface area (Å²) in [5.41, 5.74) is 2.53. The Balaban J connectivity index is 1.60. The number of anilines is 2. The molecule has 2 amide bonds. The lowest BCUT2D eigenvalue weighted by Gasteiger charge is -2.27. The fourth-order valence-electron chi connectivity index (χ4n) is 4.23. The van der Waals surface area contributed by atoms with Gasteiger partial charge in [0.2, 0.25) is 0 Å². The molecule has 0 aliphatic carbocycles. The van der Waals surface area contributed by atoms with Gasteiger partial charge in [0.15, 0.2) is 0 Å². The van der Waals surface area contributed by atoms with E-state index in [1.807, 2.05) is 84.9 Å². The van der Waals surface area contributed by atoms with Crippen molar-refractivity contribution >= 4 is 23.2 Å². The van der Waals surface area contributed by atoms with Crippen molar-refractivity contribution in [1.82, 2.24) is 0 Å². The molecule has 0 bridgehead atoms. The van der Waals surface area contributed by atoms with E-state index in [1.54, 1.807) is 48.3 Å². The van der Waals surface area contributed by atoms with Crippen LogP contribution < -0.4 is 19.3 Å². The highest BCUT2D eigenvalue weighted by molar-refractivity contribution is 6.09. The van der Waals surface area contributed by atoms with E-state index in [0.29, 0.717) is 42.1 Å². The Morgan fingerprint density at radius 2 is 0.892 bits per heavy atom. The maximum absolute atomic E-state index is 13.7. The Morgan fingerprint density at radius 3 is 1.27 bits per heavy atom. The van der Waals surface area contributed by atoms with Gasteiger partial charge in [-0.1, -0.05) is 60.7 Å². The number of carbonyl (C=O) groups excluding carboxylic acids is 2. The zero-order chi connectivity index (χ0) is 26.0. The molecule has 4 aromatic rings. The van der Waals surface area contributed by atoms with Crippen molar-refractivity contribution in [3.63, 3.8) is 0 Å². The average Bonchev–Trinajstić information content (AvgIpc) is 2.97. The Bertz CT molecular complexity index is 1220. The first-order chi connectivity index (χ1) is 18.1. The minimum absolute atomic E-state index is 0.161. The summed E-state index contributed by atoms with van der Waals surface area (Å²) >= 11 is 0. The molecule has 0 fully saturated rings. The van der Waals surface area contributed by atoms with E-state index in [-0.39, 0.29) is 11.8 Å². The van der Waals surface area contributed by atoms with Gasteiger partial charge in [0, 0.05) is 24.5 Å². The summed E-state index contributed by atoms with van der Waals surface area (Å²) in [6.07, 6.45) is 0.547. The first-order valence-electron chi connectivity index (χ1n) is 12.1. The second-order valence-corrected chi connectivity index (χ2v) is 8.34. The van der Waals surface area contributed by atoms with Crippen LogP contribution in [0.4, 0.5) is 11.4 Å². The number of rotatable bonds is 10. The van der Waals surface area contributed by atoms with Gasteiger partial charge in [-0.3, -0.25) is 9.59 Å². The summed E-state index contributed by atoms with van der Waals surface area (Å²) < 4.78 is 10.9. The molecule has 188 valence electrons. The van der Waals surface area contributed by atoms with E-state index < -0.39 is 0 Å². The number of hydrogen-bond acceptors (Lipinski definition) is 4. The van der Waals surface area contributed by atoms with Crippen molar-refractivity contribution in [1.29, 1.82) is 0 Å². The Labute approximate surface area is 217 Å². The molecule has 0 heterocycles. The monoisotopic (exact) mass is 494 g/mol. The van der Waals surface area contributed by atoms with Crippen LogP contribution in [0.25, 0.3) is 0 Å². The quantitative estimate of drug-likeness (QED) is 0.268. The molecular weight excluding hydrogens is 464 g/mol. The lowest BCUT2D eigenvalue weighted by atomic mass is 10.1. The van der Waals surface area contributed by atoms with Crippen LogP contribution in [0, 0.1) is 0 Å². The predicted octanol–water partition coefficient (Wildman–Crippen LogP) is 6.09. The zero-order valence-corrected chi connectivity index (χ0v) is 21.0. The van der Waals surface area contributed by atoms with Crippen LogP contribution in [-0.2, 0) is 0 Å². The summed E-state index contributed by atoms with van der Waals surface area (Å²) in [6.45, 7) is 0.812. The molecule has 0 radical (unpaired) electrons. The molecule has 0 aliphatic rings. The van der Waals surface area contributed by atoms with Gasteiger partial charge in [-0.05, 0) is 55.0 Å². The van der Waals surface area contributed by atoms with Crippen molar-refractivity contribution in [2.75, 3.05) is 37.1 Å². The standard InChI is InChI=1S/C31H30N2O4/c1-36-28-20-11-9-18-26(28)30(34)32(24-14-5-3-6-15-24)22-13-23-33(25-16-7-4-8-17-25)31(35)27-19-10-12-21-29(27)37-2/h3-12,14-21H,13,22-23H2,1-2H3. The van der Waals surface area contributed by atoms with Crippen molar-refractivity contribution in [2.24, 2.45) is 0 Å². The van der Waals surface area contributed by atoms with Crippen LogP contribution in [0.3, 0.4) is 0 Å². The van der Waals surface area contributed by atoms with Gasteiger partial charge in [0.25, 0.3) is 11.8 Å². The number of nitrogens with zero attached hydrogens (tertiary/aromatic N) is 2. The van der Waals surface area contributed by atoms with Gasteiger partial charge < -0.3 is 19.3 Å². The third-order valence-corrected chi connectivity index (χ3v) is 6.06. The number of ether oxygens (including phenoxy) is 2. The largest absolute Gasteiger partial charge is 0.496 e. The fourth-order valence-corrected chi connectivity index (χ4v) is 4.23. The topological polar surface area (TPSA) is 59.1 Å². The molecule has 0 saturated heterocycles. The van der Waals surface area contributed by atoms with Gasteiger partial charge in [-0.2, -0.15) is 0 Å². The highest BCUT2D eigenvalue weighted by atomic mass is 16.5. The Kier molecular flexibility index (Phi) is 8.55. The SMILES string of the molecule is COc1ccccc1C(=O)N(CCCN(C(=O)c1ccccc1OC)c1ccccc1)c1ccccc1. The second kappa shape index (κ2) is 12.4. The highest BCUT2D eigenvalue weighted by Gasteiger charge is 2.24. The third-order valence-electron chi connectivity index (χ3n) is 6.06. The maximum atomic E-state index is 13.7. The molecule has 0 unspecified atom stereocenters. The van der Waals surface area contributed by atoms with Gasteiger partial charge in [-0.15, -0.1) is 0 Å². The molecule has 4 aromatic carbocycles. The number of methoxy groups -OCH3 is 2. The van der Waals surface area contributed by atoms with Crippen LogP contribution in [-0.4, -0.2) is 39.1 Å². The van der Waals surface area contributed by atoms with Crippen molar-refractivity contribution in [2.45, 2.75) is 6.42 Å². The first-order valence-corrected chi connectivity index (χ1v) is 12.1. The predicted molar refractivity (Wildman–Crippen MR) is 147 cm³/mol. The summed E-state index contributed by atoms with van der Waals surface area (Å²) in [7, 11) is 3.11. The van der Waals surface area contributed by atoms with E-state index in [2.05, 4.69) is 0 Å². The van der Waals surface area contributed by atoms with Crippen LogP contribution in [0.15, 0.2) is 109 Å². The summed E-state index contributed by atoms with van der Waals surface area (Å²) in [4.78, 5) is 30.8. The van der Waals surface area contributed by atoms with E-state index in [4.69, 9.17) is 9.47 Å². The molecule has 4 rings (SSSR count). The Morgan fingerprint density at radius 1 is 0.541 bits per heavy atom. The minimum atomic E-state index is -0.161. The smallest absolute Gasteiger partial charge is 0.262 e. The molecule has 37 heavy (non-hydrogen) atoms. The summed E-state index contributed by atoms with van der Waals surface area (Å²) in [5, 5.41) is 0. The first kappa shape index (κ1) is 25.5. The minimum Gasteiger partial charge on any atom is -0.496 e. The van der Waals surface area contributed by atoms with Crippen molar-refractivity contribution < 1.29 is 19.1 Å². The van der Waals surface area contributed by atoms with Gasteiger partial charge in [-0.25, -0.2) is 0 Å². The van der Waals surface area contributed by atoms with Crippen LogP contribution in [0.5, 0.6) is 11.5 Å². The van der Waals surface area contributed by atoms with Crippen LogP contribution in [0.2, 0.25) is 0 Å². The second-order valence-electron chi connectivity index (χ2n) is 8.34. The molecular formula is C31H30N2O4. The lowest BCUT2D eigenvalue weighted by molar-refractivity contribution is 0.0982. The average molecular weight is 495 g/mol. The molecule has 0 N–H and O–H groups in total. The molecule has 0 saturated carbocycles. The number of hydrogen-bond donors (Lipinski definition) is 0. The highest BCUT2D eigenvalue weighted by Crippen LogP contribution is 2.26. The molecule has 0 aliphatic heterocycles. The molecule has 6 nitrogen and oxygen atoms in total. The van der Waals surface area contributed by atoms with Crippen LogP contribution >= 0.6 is 0 Å². The number of benzene rings is 4. The summed E-state index contributed by atoms with van der Waals surface area (Å²) in [6, 6.07) is 33.5. The molecule has 6 heteroatoms. The van der Waals surface area contributed by atoms with Crippen molar-refractivity contribution in [3.05, 3.63) is 120 Å². The van der Waals surface area contributed by atoms with Gasteiger partial charge >= 0.3 is 0 Å². The molecule has 0 spiro atoms. The van der Waals surface area contributed by atoms with E-state index in [9.17, 15) is 9.59 Å². The summed E-state index contributed by atoms with van der Waals surface area (Å²) in [5.74, 6) is 0.716. The van der Waals surface area contributed by atoms with E-state index in [0.717, 1.165) is 11.4 Å². The Hall–Kier alpha value is -4.58. The maximum Gasteiger partial charge on any atom is 0.262 e. The zero-order valence-electron chi connectivity index (χ0n) is 21.0. The van der Waals surface area contributed by atoms with E-state index in [1.165, 1.54) is 0 Å². The third kappa shape index (κ3) is 5.98. The number of amides is 2. The normalized spacial score (nSPS) is 10.4. The fraction of sp³-hybridized carbons (Fsp3) is 0.161. The van der Waals surface area contributed by atoms with Crippen LogP contribution in [0.1, 0.15) is 27.1 Å². The van der Waals surface area contributed by atoms with E-state index >= 15 is 0 Å². The number of carbonyl (C=O) groups is 2.